The Labute approximate surface area is 217 Å². The van der Waals surface area contributed by atoms with E-state index in [0.29, 0.717) is 22.7 Å². The van der Waals surface area contributed by atoms with Crippen molar-refractivity contribution in [1.29, 1.82) is 0 Å². The lowest BCUT2D eigenvalue weighted by atomic mass is 9.79. The molecular formula is C25H34BClN4O5. The molecule has 1 atom stereocenters. The average molecular weight is 517 g/mol. The fourth-order valence-corrected chi connectivity index (χ4v) is 4.56. The molecule has 1 fully saturated rings. The predicted molar refractivity (Wildman–Crippen MR) is 139 cm³/mol. The number of hydrogen-bond acceptors (Lipinski definition) is 7. The number of aromatic nitrogens is 2. The highest BCUT2D eigenvalue weighted by Crippen LogP contribution is 2.37. The van der Waals surface area contributed by atoms with Crippen LogP contribution >= 0.6 is 11.6 Å². The van der Waals surface area contributed by atoms with Gasteiger partial charge in [0.25, 0.3) is 5.91 Å². The van der Waals surface area contributed by atoms with Crippen LogP contribution in [0.5, 0.6) is 0 Å². The zero-order chi connectivity index (χ0) is 26.3. The van der Waals surface area contributed by atoms with E-state index >= 15 is 0 Å². The highest BCUT2D eigenvalue weighted by molar-refractivity contribution is 6.66. The topological polar surface area (TPSA) is 104 Å². The average Bonchev–Trinajstić information content (AvgIpc) is 3.31. The van der Waals surface area contributed by atoms with Gasteiger partial charge in [-0.25, -0.2) is 0 Å². The maximum Gasteiger partial charge on any atom is 0.496 e. The first kappa shape index (κ1) is 26.7. The first-order chi connectivity index (χ1) is 16.9. The van der Waals surface area contributed by atoms with Crippen LogP contribution in [0, 0.1) is 0 Å². The molecule has 2 N–H and O–H groups in total. The second-order valence-electron chi connectivity index (χ2n) is 10.5. The van der Waals surface area contributed by atoms with Gasteiger partial charge in [0.1, 0.15) is 0 Å². The largest absolute Gasteiger partial charge is 0.496 e. The van der Waals surface area contributed by atoms with Gasteiger partial charge in [0.05, 0.1) is 40.3 Å². The Morgan fingerprint density at radius 3 is 2.61 bits per heavy atom. The summed E-state index contributed by atoms with van der Waals surface area (Å²) in [5, 5.41) is 11.0. The number of benzene rings is 1. The van der Waals surface area contributed by atoms with Crippen molar-refractivity contribution < 1.29 is 23.6 Å². The molecule has 0 bridgehead atoms. The van der Waals surface area contributed by atoms with Gasteiger partial charge in [-0.2, -0.15) is 5.10 Å². The Morgan fingerprint density at radius 1 is 1.25 bits per heavy atom. The van der Waals surface area contributed by atoms with Gasteiger partial charge in [-0.05, 0) is 66.5 Å². The minimum absolute atomic E-state index is 0.0941. The molecule has 36 heavy (non-hydrogen) atoms. The number of hydrogen-bond donors (Lipinski definition) is 2. The number of anilines is 1. The molecule has 9 nitrogen and oxygen atoms in total. The number of halogens is 1. The van der Waals surface area contributed by atoms with Gasteiger partial charge < -0.3 is 19.4 Å². The van der Waals surface area contributed by atoms with Crippen LogP contribution in [0.3, 0.4) is 0 Å². The van der Waals surface area contributed by atoms with E-state index in [1.807, 2.05) is 52.3 Å². The van der Waals surface area contributed by atoms with Crippen molar-refractivity contribution in [2.45, 2.75) is 84.3 Å². The van der Waals surface area contributed by atoms with E-state index in [-0.39, 0.29) is 36.3 Å². The van der Waals surface area contributed by atoms with Crippen molar-refractivity contribution in [1.82, 2.24) is 15.1 Å². The second kappa shape index (κ2) is 10.2. The van der Waals surface area contributed by atoms with E-state index in [2.05, 4.69) is 15.7 Å². The Morgan fingerprint density at radius 2 is 1.94 bits per heavy atom. The fourth-order valence-electron chi connectivity index (χ4n) is 4.30. The molecule has 4 rings (SSSR count). The molecule has 2 aromatic rings. The van der Waals surface area contributed by atoms with Crippen LogP contribution in [0.2, 0.25) is 5.02 Å². The molecule has 0 radical (unpaired) electrons. The standard InChI is InChI=1S/C25H34BClN4O5/c1-15(2)34-21(32)14-28-17-11-8-12-31-20(17)13-19(30-31)23(33)29-18-10-7-9-16(22(18)27)26-35-24(3,4)25(5,6)36-26/h7,9-10,13,15,17,28H,8,11-12,14H2,1-6H3,(H,29,33)/t17-/m0/s1. The van der Waals surface area contributed by atoms with Gasteiger partial charge in [0, 0.05) is 18.0 Å². The first-order valence-electron chi connectivity index (χ1n) is 12.3. The molecule has 1 amide bonds. The summed E-state index contributed by atoms with van der Waals surface area (Å²) in [4.78, 5) is 25.1. The first-order valence-corrected chi connectivity index (χ1v) is 12.7. The molecule has 0 saturated carbocycles. The summed E-state index contributed by atoms with van der Waals surface area (Å²) in [5.41, 5.74) is 1.22. The third kappa shape index (κ3) is 5.46. The summed E-state index contributed by atoms with van der Waals surface area (Å²) in [7, 11) is -0.645. The number of rotatable bonds is 7. The third-order valence-electron chi connectivity index (χ3n) is 6.91. The smallest absolute Gasteiger partial charge is 0.462 e. The molecule has 1 saturated heterocycles. The van der Waals surface area contributed by atoms with Crippen molar-refractivity contribution in [3.05, 3.63) is 40.7 Å². The molecule has 2 aliphatic rings. The van der Waals surface area contributed by atoms with Crippen molar-refractivity contribution in [3.8, 4) is 0 Å². The molecule has 11 heteroatoms. The SMILES string of the molecule is CC(C)OC(=O)CN[C@H]1CCCn2nc(C(=O)Nc3cccc(B4OC(C)(C)C(C)(C)O4)c3Cl)cc21. The maximum absolute atomic E-state index is 13.1. The van der Waals surface area contributed by atoms with Gasteiger partial charge in [-0.3, -0.25) is 19.6 Å². The van der Waals surface area contributed by atoms with Crippen molar-refractivity contribution >= 4 is 41.7 Å². The minimum Gasteiger partial charge on any atom is -0.462 e. The molecule has 0 unspecified atom stereocenters. The number of esters is 1. The zero-order valence-electron chi connectivity index (χ0n) is 21.7. The van der Waals surface area contributed by atoms with Crippen LogP contribution in [0.1, 0.15) is 76.6 Å². The van der Waals surface area contributed by atoms with Gasteiger partial charge in [-0.1, -0.05) is 23.7 Å². The van der Waals surface area contributed by atoms with Crippen LogP contribution < -0.4 is 16.1 Å². The summed E-state index contributed by atoms with van der Waals surface area (Å²) in [5.74, 6) is -0.682. The Balaban J connectivity index is 1.47. The normalized spacial score (nSPS) is 20.3. The van der Waals surface area contributed by atoms with E-state index in [9.17, 15) is 9.59 Å². The lowest BCUT2D eigenvalue weighted by Gasteiger charge is -2.32. The minimum atomic E-state index is -0.645. The molecule has 1 aromatic heterocycles. The van der Waals surface area contributed by atoms with Crippen LogP contribution in [0.15, 0.2) is 24.3 Å². The number of fused-ring (bicyclic) bond motifs is 1. The molecule has 0 aliphatic carbocycles. The van der Waals surface area contributed by atoms with Crippen LogP contribution in [0.25, 0.3) is 0 Å². The predicted octanol–water partition coefficient (Wildman–Crippen LogP) is 3.46. The Hall–Kier alpha value is -2.40. The molecular weight excluding hydrogens is 483 g/mol. The summed E-state index contributed by atoms with van der Waals surface area (Å²) >= 11 is 6.68. The van der Waals surface area contributed by atoms with Crippen molar-refractivity contribution in [2.75, 3.05) is 11.9 Å². The van der Waals surface area contributed by atoms with Crippen LogP contribution in [0.4, 0.5) is 5.69 Å². The number of ether oxygens (including phenoxy) is 1. The Bertz CT molecular complexity index is 1130. The van der Waals surface area contributed by atoms with E-state index < -0.39 is 18.3 Å². The number of carbonyl (C=O) groups is 2. The van der Waals surface area contributed by atoms with Crippen LogP contribution in [-0.2, 0) is 25.4 Å². The maximum atomic E-state index is 13.1. The fraction of sp³-hybridized carbons (Fsp3) is 0.560. The number of aryl methyl sites for hydroxylation is 1. The number of amides is 1. The van der Waals surface area contributed by atoms with E-state index in [4.69, 9.17) is 25.6 Å². The monoisotopic (exact) mass is 516 g/mol. The lowest BCUT2D eigenvalue weighted by Crippen LogP contribution is -2.41. The summed E-state index contributed by atoms with van der Waals surface area (Å²) in [6.07, 6.45) is 1.56. The van der Waals surface area contributed by atoms with Crippen molar-refractivity contribution in [2.24, 2.45) is 0 Å². The summed E-state index contributed by atoms with van der Waals surface area (Å²) in [6.45, 7) is 12.3. The van der Waals surface area contributed by atoms with Gasteiger partial charge in [0.2, 0.25) is 0 Å². The zero-order valence-corrected chi connectivity index (χ0v) is 22.4. The van der Waals surface area contributed by atoms with Gasteiger partial charge >= 0.3 is 13.1 Å². The second-order valence-corrected chi connectivity index (χ2v) is 10.9. The van der Waals surface area contributed by atoms with Crippen molar-refractivity contribution in [3.63, 3.8) is 0 Å². The summed E-state index contributed by atoms with van der Waals surface area (Å²) < 4.78 is 19.3. The van der Waals surface area contributed by atoms with E-state index in [1.54, 1.807) is 18.2 Å². The molecule has 1 aromatic carbocycles. The molecule has 3 heterocycles. The highest BCUT2D eigenvalue weighted by atomic mass is 35.5. The Kier molecular flexibility index (Phi) is 7.53. The molecule has 0 spiro atoms. The lowest BCUT2D eigenvalue weighted by molar-refractivity contribution is -0.146. The molecule has 194 valence electrons. The van der Waals surface area contributed by atoms with Crippen LogP contribution in [-0.4, -0.2) is 52.6 Å². The van der Waals surface area contributed by atoms with E-state index in [0.717, 1.165) is 18.5 Å². The quantitative estimate of drug-likeness (QED) is 0.429. The number of nitrogens with one attached hydrogen (secondary N) is 2. The van der Waals surface area contributed by atoms with Gasteiger partial charge in [0.15, 0.2) is 5.69 Å². The van der Waals surface area contributed by atoms with E-state index in [1.165, 1.54) is 0 Å². The molecule has 2 aliphatic heterocycles. The number of carbonyl (C=O) groups excluding carboxylic acids is 2. The summed E-state index contributed by atoms with van der Waals surface area (Å²) in [6, 6.07) is 7.02. The number of nitrogens with zero attached hydrogens (tertiary/aromatic N) is 2. The third-order valence-corrected chi connectivity index (χ3v) is 7.33. The highest BCUT2D eigenvalue weighted by Gasteiger charge is 2.52. The van der Waals surface area contributed by atoms with Gasteiger partial charge in [-0.15, -0.1) is 0 Å².